The van der Waals surface area contributed by atoms with Gasteiger partial charge in [-0.1, -0.05) is 44.2 Å². The normalized spacial score (nSPS) is 29.5. The molecular formula is C17H26O2. The van der Waals surface area contributed by atoms with Crippen molar-refractivity contribution in [1.82, 2.24) is 0 Å². The van der Waals surface area contributed by atoms with E-state index in [2.05, 4.69) is 45.6 Å². The van der Waals surface area contributed by atoms with Crippen LogP contribution in [-0.4, -0.2) is 12.1 Å². The van der Waals surface area contributed by atoms with Crippen LogP contribution in [-0.2, 0) is 9.53 Å². The molecule has 0 saturated carbocycles. The molecule has 0 aliphatic heterocycles. The van der Waals surface area contributed by atoms with Gasteiger partial charge < -0.3 is 4.74 Å². The van der Waals surface area contributed by atoms with Crippen LogP contribution in [0.2, 0.25) is 0 Å². The van der Waals surface area contributed by atoms with Crippen molar-refractivity contribution in [3.8, 4) is 0 Å². The summed E-state index contributed by atoms with van der Waals surface area (Å²) in [4.78, 5) is 11.2. The first-order valence-electron chi connectivity index (χ1n) is 7.10. The molecule has 0 aromatic heterocycles. The Bertz CT molecular complexity index is 388. The lowest BCUT2D eigenvalue weighted by molar-refractivity contribution is -0.144. The molecule has 0 spiro atoms. The fourth-order valence-corrected chi connectivity index (χ4v) is 2.30. The molecule has 0 aromatic rings. The van der Waals surface area contributed by atoms with Gasteiger partial charge in [0.1, 0.15) is 6.10 Å². The van der Waals surface area contributed by atoms with Gasteiger partial charge in [0.15, 0.2) is 0 Å². The summed E-state index contributed by atoms with van der Waals surface area (Å²) >= 11 is 0. The van der Waals surface area contributed by atoms with E-state index in [-0.39, 0.29) is 12.1 Å². The monoisotopic (exact) mass is 262 g/mol. The average molecular weight is 262 g/mol. The SMILES string of the molecule is C=C1CCC(C(C)C)/C=C/C(C)=C\C[C@@H]1OC(C)=O. The smallest absolute Gasteiger partial charge is 0.303 e. The zero-order chi connectivity index (χ0) is 14.4. The van der Waals surface area contributed by atoms with Gasteiger partial charge in [-0.25, -0.2) is 0 Å². The van der Waals surface area contributed by atoms with Crippen molar-refractivity contribution < 1.29 is 9.53 Å². The third-order valence-corrected chi connectivity index (χ3v) is 3.68. The van der Waals surface area contributed by atoms with Crippen LogP contribution in [0.1, 0.15) is 47.0 Å². The second-order valence-corrected chi connectivity index (χ2v) is 5.75. The van der Waals surface area contributed by atoms with E-state index in [4.69, 9.17) is 4.74 Å². The van der Waals surface area contributed by atoms with Crippen LogP contribution in [0.15, 0.2) is 36.0 Å². The zero-order valence-corrected chi connectivity index (χ0v) is 12.6. The Hall–Kier alpha value is -1.31. The maximum atomic E-state index is 11.2. The molecule has 0 fully saturated rings. The van der Waals surface area contributed by atoms with Gasteiger partial charge in [-0.3, -0.25) is 4.79 Å². The summed E-state index contributed by atoms with van der Waals surface area (Å²) in [6.45, 7) is 12.1. The Morgan fingerprint density at radius 1 is 1.47 bits per heavy atom. The van der Waals surface area contributed by atoms with Gasteiger partial charge >= 0.3 is 5.97 Å². The second-order valence-electron chi connectivity index (χ2n) is 5.75. The lowest BCUT2D eigenvalue weighted by Gasteiger charge is -2.23. The first-order valence-corrected chi connectivity index (χ1v) is 7.10. The van der Waals surface area contributed by atoms with E-state index in [1.165, 1.54) is 12.5 Å². The van der Waals surface area contributed by atoms with Crippen molar-refractivity contribution in [2.75, 3.05) is 0 Å². The number of rotatable bonds is 2. The summed E-state index contributed by atoms with van der Waals surface area (Å²) in [5.74, 6) is 0.935. The van der Waals surface area contributed by atoms with E-state index in [0.717, 1.165) is 24.8 Å². The molecule has 0 aromatic carbocycles. The molecule has 2 heteroatoms. The van der Waals surface area contributed by atoms with Crippen LogP contribution in [0.25, 0.3) is 0 Å². The van der Waals surface area contributed by atoms with Crippen molar-refractivity contribution in [2.45, 2.75) is 53.1 Å². The van der Waals surface area contributed by atoms with E-state index in [9.17, 15) is 4.79 Å². The molecule has 2 atom stereocenters. The Morgan fingerprint density at radius 3 is 2.74 bits per heavy atom. The standard InChI is InChI=1S/C17H26O2/c1-12(2)16-9-6-13(3)7-11-17(19-15(5)18)14(4)8-10-16/h6-7,9,12,16-17H,4,8,10-11H2,1-3,5H3/b9-6+,13-7-/t16?,17-/m0/s1. The Balaban J connectivity index is 2.87. The highest BCUT2D eigenvalue weighted by Crippen LogP contribution is 2.26. The van der Waals surface area contributed by atoms with Crippen molar-refractivity contribution in [2.24, 2.45) is 11.8 Å². The fraction of sp³-hybridized carbons (Fsp3) is 0.588. The minimum Gasteiger partial charge on any atom is -0.458 e. The topological polar surface area (TPSA) is 26.3 Å². The van der Waals surface area contributed by atoms with Gasteiger partial charge in [0, 0.05) is 13.3 Å². The first-order chi connectivity index (χ1) is 8.90. The molecule has 1 rings (SSSR count). The van der Waals surface area contributed by atoms with Crippen LogP contribution in [0.3, 0.4) is 0 Å². The molecule has 1 aliphatic carbocycles. The fourth-order valence-electron chi connectivity index (χ4n) is 2.30. The van der Waals surface area contributed by atoms with Gasteiger partial charge in [-0.05, 0) is 37.2 Å². The molecule has 19 heavy (non-hydrogen) atoms. The van der Waals surface area contributed by atoms with E-state index in [0.29, 0.717) is 11.8 Å². The third kappa shape index (κ3) is 5.46. The molecule has 0 heterocycles. The Kier molecular flexibility index (Phi) is 6.07. The maximum absolute atomic E-state index is 11.2. The van der Waals surface area contributed by atoms with Gasteiger partial charge in [0.05, 0.1) is 0 Å². The molecule has 0 N–H and O–H groups in total. The van der Waals surface area contributed by atoms with Crippen molar-refractivity contribution >= 4 is 5.97 Å². The zero-order valence-electron chi connectivity index (χ0n) is 12.6. The molecule has 0 saturated heterocycles. The summed E-state index contributed by atoms with van der Waals surface area (Å²) < 4.78 is 5.37. The largest absolute Gasteiger partial charge is 0.458 e. The number of allylic oxidation sites excluding steroid dienone is 3. The van der Waals surface area contributed by atoms with Gasteiger partial charge in [-0.15, -0.1) is 0 Å². The molecule has 0 bridgehead atoms. The number of carbonyl (C=O) groups is 1. The Labute approximate surface area is 117 Å². The van der Waals surface area contributed by atoms with Crippen LogP contribution in [0.5, 0.6) is 0 Å². The van der Waals surface area contributed by atoms with Crippen molar-refractivity contribution in [3.63, 3.8) is 0 Å². The molecule has 1 unspecified atom stereocenters. The van der Waals surface area contributed by atoms with E-state index < -0.39 is 0 Å². The minimum atomic E-state index is -0.231. The molecule has 106 valence electrons. The van der Waals surface area contributed by atoms with Crippen LogP contribution in [0.4, 0.5) is 0 Å². The van der Waals surface area contributed by atoms with E-state index in [1.54, 1.807) is 0 Å². The van der Waals surface area contributed by atoms with E-state index >= 15 is 0 Å². The number of hydrogen-bond acceptors (Lipinski definition) is 2. The van der Waals surface area contributed by atoms with Crippen LogP contribution < -0.4 is 0 Å². The summed E-state index contributed by atoms with van der Waals surface area (Å²) in [5.41, 5.74) is 2.25. The first kappa shape index (κ1) is 15.7. The lowest BCUT2D eigenvalue weighted by Crippen LogP contribution is -2.19. The molecule has 0 amide bonds. The molecular weight excluding hydrogens is 236 g/mol. The molecule has 0 radical (unpaired) electrons. The minimum absolute atomic E-state index is 0.174. The number of ether oxygens (including phenoxy) is 1. The highest BCUT2D eigenvalue weighted by molar-refractivity contribution is 5.66. The maximum Gasteiger partial charge on any atom is 0.303 e. The van der Waals surface area contributed by atoms with Gasteiger partial charge in [0.2, 0.25) is 0 Å². The van der Waals surface area contributed by atoms with Gasteiger partial charge in [0.25, 0.3) is 0 Å². The average Bonchev–Trinajstić information content (AvgIpc) is 2.32. The van der Waals surface area contributed by atoms with Crippen LogP contribution in [0, 0.1) is 11.8 Å². The quantitative estimate of drug-likeness (QED) is 0.543. The summed E-state index contributed by atoms with van der Waals surface area (Å²) in [6, 6.07) is 0. The number of esters is 1. The summed E-state index contributed by atoms with van der Waals surface area (Å²) in [7, 11) is 0. The summed E-state index contributed by atoms with van der Waals surface area (Å²) in [5, 5.41) is 0. The Morgan fingerprint density at radius 2 is 2.16 bits per heavy atom. The van der Waals surface area contributed by atoms with Gasteiger partial charge in [-0.2, -0.15) is 0 Å². The van der Waals surface area contributed by atoms with Crippen molar-refractivity contribution in [3.05, 3.63) is 36.0 Å². The predicted octanol–water partition coefficient (Wildman–Crippen LogP) is 4.43. The third-order valence-electron chi connectivity index (χ3n) is 3.68. The molecule has 1 aliphatic rings. The van der Waals surface area contributed by atoms with E-state index in [1.807, 2.05) is 0 Å². The predicted molar refractivity (Wildman–Crippen MR) is 79.8 cm³/mol. The number of hydrogen-bond donors (Lipinski definition) is 0. The highest BCUT2D eigenvalue weighted by atomic mass is 16.5. The van der Waals surface area contributed by atoms with Crippen LogP contribution >= 0.6 is 0 Å². The number of carbonyl (C=O) groups excluding carboxylic acids is 1. The van der Waals surface area contributed by atoms with Crippen molar-refractivity contribution in [1.29, 1.82) is 0 Å². The molecule has 2 nitrogen and oxygen atoms in total. The lowest BCUT2D eigenvalue weighted by atomic mass is 9.87. The highest BCUT2D eigenvalue weighted by Gasteiger charge is 2.18. The summed E-state index contributed by atoms with van der Waals surface area (Å²) in [6.07, 6.45) is 9.14. The second kappa shape index (κ2) is 7.32.